The number of hydrogen-bond donors (Lipinski definition) is 1. The number of halogens is 2. The summed E-state index contributed by atoms with van der Waals surface area (Å²) in [5.74, 6) is 0.598. The fraction of sp³-hybridized carbons (Fsp3) is 0.0625. The molecule has 2 N–H and O–H groups in total. The third-order valence-corrected chi connectivity index (χ3v) is 3.98. The molecule has 1 aromatic heterocycles. The maximum atomic E-state index is 13.1. The van der Waals surface area contributed by atoms with Gasteiger partial charge in [-0.2, -0.15) is 0 Å². The van der Waals surface area contributed by atoms with Crippen LogP contribution < -0.4 is 5.73 Å². The number of nitrogen functional groups attached to an aromatic ring is 1. The van der Waals surface area contributed by atoms with E-state index in [0.29, 0.717) is 6.54 Å². The summed E-state index contributed by atoms with van der Waals surface area (Å²) in [6, 6.07) is 12.3. The van der Waals surface area contributed by atoms with Crippen molar-refractivity contribution in [1.82, 2.24) is 9.55 Å². The van der Waals surface area contributed by atoms with Gasteiger partial charge in [0.1, 0.15) is 11.6 Å². The van der Waals surface area contributed by atoms with Crippen molar-refractivity contribution >= 4 is 21.6 Å². The smallest absolute Gasteiger partial charge is 0.140 e. The third kappa shape index (κ3) is 2.97. The Labute approximate surface area is 130 Å². The normalized spacial score (nSPS) is 10.8. The van der Waals surface area contributed by atoms with Crippen LogP contribution in [0.15, 0.2) is 59.3 Å². The molecule has 0 saturated heterocycles. The first-order valence-corrected chi connectivity index (χ1v) is 7.24. The van der Waals surface area contributed by atoms with E-state index in [2.05, 4.69) is 20.9 Å². The van der Waals surface area contributed by atoms with Crippen LogP contribution >= 0.6 is 15.9 Å². The average molecular weight is 346 g/mol. The van der Waals surface area contributed by atoms with Crippen LogP contribution in [0.5, 0.6) is 0 Å². The quantitative estimate of drug-likeness (QED) is 0.726. The Hall–Kier alpha value is -2.14. The summed E-state index contributed by atoms with van der Waals surface area (Å²) in [6.45, 7) is 0.612. The van der Waals surface area contributed by atoms with Crippen molar-refractivity contribution in [1.29, 1.82) is 0 Å². The summed E-state index contributed by atoms with van der Waals surface area (Å²) in [6.07, 6.45) is 3.66. The van der Waals surface area contributed by atoms with Gasteiger partial charge in [-0.05, 0) is 42.0 Å². The number of rotatable bonds is 3. The minimum absolute atomic E-state index is 0.255. The maximum Gasteiger partial charge on any atom is 0.140 e. The van der Waals surface area contributed by atoms with Crippen molar-refractivity contribution in [3.05, 3.63) is 70.7 Å². The molecule has 0 bridgehead atoms. The van der Waals surface area contributed by atoms with Crippen LogP contribution in [-0.2, 0) is 6.54 Å². The molecule has 3 aromatic rings. The summed E-state index contributed by atoms with van der Waals surface area (Å²) in [5.41, 5.74) is 8.41. The Bertz CT molecular complexity index is 765. The minimum atomic E-state index is -0.255. The second kappa shape index (κ2) is 5.69. The molecule has 3 rings (SSSR count). The lowest BCUT2D eigenvalue weighted by Gasteiger charge is -2.10. The maximum absolute atomic E-state index is 13.1. The molecule has 21 heavy (non-hydrogen) atoms. The van der Waals surface area contributed by atoms with Crippen molar-refractivity contribution in [2.75, 3.05) is 5.73 Å². The summed E-state index contributed by atoms with van der Waals surface area (Å²) in [5, 5.41) is 0. The first kappa shape index (κ1) is 13.8. The molecule has 0 radical (unpaired) electrons. The highest BCUT2D eigenvalue weighted by Crippen LogP contribution is 2.23. The summed E-state index contributed by atoms with van der Waals surface area (Å²) in [4.78, 5) is 4.39. The minimum Gasteiger partial charge on any atom is -0.399 e. The summed E-state index contributed by atoms with van der Waals surface area (Å²) >= 11 is 3.39. The van der Waals surface area contributed by atoms with E-state index in [1.165, 1.54) is 12.1 Å². The summed E-state index contributed by atoms with van der Waals surface area (Å²) < 4.78 is 15.9. The monoisotopic (exact) mass is 345 g/mol. The predicted octanol–water partition coefficient (Wildman–Crippen LogP) is 4.08. The van der Waals surface area contributed by atoms with Crippen LogP contribution in [0.3, 0.4) is 0 Å². The molecule has 0 amide bonds. The van der Waals surface area contributed by atoms with Gasteiger partial charge in [-0.25, -0.2) is 9.37 Å². The van der Waals surface area contributed by atoms with E-state index in [-0.39, 0.29) is 5.82 Å². The van der Waals surface area contributed by atoms with Crippen molar-refractivity contribution in [2.45, 2.75) is 6.54 Å². The molecule has 5 heteroatoms. The molecule has 0 atom stereocenters. The van der Waals surface area contributed by atoms with Crippen molar-refractivity contribution < 1.29 is 4.39 Å². The highest BCUT2D eigenvalue weighted by atomic mass is 79.9. The van der Waals surface area contributed by atoms with Gasteiger partial charge in [0, 0.05) is 28.1 Å². The lowest BCUT2D eigenvalue weighted by atomic mass is 10.2. The molecular weight excluding hydrogens is 333 g/mol. The number of aromatic nitrogens is 2. The Morgan fingerprint density at radius 1 is 1.14 bits per heavy atom. The Morgan fingerprint density at radius 3 is 2.62 bits per heavy atom. The zero-order chi connectivity index (χ0) is 14.8. The van der Waals surface area contributed by atoms with E-state index in [4.69, 9.17) is 5.73 Å². The van der Waals surface area contributed by atoms with E-state index >= 15 is 0 Å². The number of imidazole rings is 1. The molecule has 0 saturated carbocycles. The van der Waals surface area contributed by atoms with Gasteiger partial charge in [-0.15, -0.1) is 0 Å². The van der Waals surface area contributed by atoms with Gasteiger partial charge in [-0.1, -0.05) is 22.0 Å². The Kier molecular flexibility index (Phi) is 3.75. The number of benzene rings is 2. The lowest BCUT2D eigenvalue weighted by Crippen LogP contribution is -2.02. The molecule has 0 aliphatic rings. The van der Waals surface area contributed by atoms with Gasteiger partial charge < -0.3 is 10.3 Å². The molecule has 3 nitrogen and oxygen atoms in total. The molecule has 0 fully saturated rings. The highest BCUT2D eigenvalue weighted by Gasteiger charge is 2.08. The Morgan fingerprint density at radius 2 is 1.90 bits per heavy atom. The number of anilines is 1. The molecule has 0 aliphatic heterocycles. The lowest BCUT2D eigenvalue weighted by molar-refractivity contribution is 0.625. The highest BCUT2D eigenvalue weighted by molar-refractivity contribution is 9.10. The van der Waals surface area contributed by atoms with Crippen LogP contribution in [0.25, 0.3) is 11.4 Å². The zero-order valence-corrected chi connectivity index (χ0v) is 12.7. The fourth-order valence-electron chi connectivity index (χ4n) is 2.16. The van der Waals surface area contributed by atoms with Crippen LogP contribution in [0, 0.1) is 5.82 Å². The van der Waals surface area contributed by atoms with Crippen LogP contribution in [0.1, 0.15) is 5.56 Å². The molecule has 0 spiro atoms. The standard InChI is InChI=1S/C16H13BrFN3/c17-15-9-13(18)4-1-12(15)10-21-8-7-20-16(21)11-2-5-14(19)6-3-11/h1-9H,10,19H2. The van der Waals surface area contributed by atoms with Crippen molar-refractivity contribution in [3.8, 4) is 11.4 Å². The van der Waals surface area contributed by atoms with E-state index < -0.39 is 0 Å². The second-order valence-electron chi connectivity index (χ2n) is 4.74. The molecule has 106 valence electrons. The topological polar surface area (TPSA) is 43.8 Å². The number of hydrogen-bond acceptors (Lipinski definition) is 2. The van der Waals surface area contributed by atoms with Gasteiger partial charge in [0.05, 0.1) is 6.54 Å². The van der Waals surface area contributed by atoms with E-state index in [9.17, 15) is 4.39 Å². The van der Waals surface area contributed by atoms with Crippen LogP contribution in [0.4, 0.5) is 10.1 Å². The largest absolute Gasteiger partial charge is 0.399 e. The van der Waals surface area contributed by atoms with E-state index in [0.717, 1.165) is 27.1 Å². The summed E-state index contributed by atoms with van der Waals surface area (Å²) in [7, 11) is 0. The van der Waals surface area contributed by atoms with Crippen LogP contribution in [0.2, 0.25) is 0 Å². The van der Waals surface area contributed by atoms with Gasteiger partial charge in [0.25, 0.3) is 0 Å². The van der Waals surface area contributed by atoms with Gasteiger partial charge in [-0.3, -0.25) is 0 Å². The van der Waals surface area contributed by atoms with E-state index in [1.807, 2.05) is 35.0 Å². The molecule has 0 unspecified atom stereocenters. The molecular formula is C16H13BrFN3. The van der Waals surface area contributed by atoms with Gasteiger partial charge in [0.2, 0.25) is 0 Å². The van der Waals surface area contributed by atoms with Crippen molar-refractivity contribution in [3.63, 3.8) is 0 Å². The van der Waals surface area contributed by atoms with E-state index in [1.54, 1.807) is 12.3 Å². The average Bonchev–Trinajstić information content (AvgIpc) is 2.91. The molecule has 1 heterocycles. The number of nitrogens with zero attached hydrogens (tertiary/aromatic N) is 2. The second-order valence-corrected chi connectivity index (χ2v) is 5.59. The molecule has 2 aromatic carbocycles. The first-order valence-electron chi connectivity index (χ1n) is 6.44. The van der Waals surface area contributed by atoms with Gasteiger partial charge in [0.15, 0.2) is 0 Å². The molecule has 0 aliphatic carbocycles. The first-order chi connectivity index (χ1) is 10.1. The van der Waals surface area contributed by atoms with Crippen LogP contribution in [-0.4, -0.2) is 9.55 Å². The Balaban J connectivity index is 1.94. The predicted molar refractivity (Wildman–Crippen MR) is 85.3 cm³/mol. The van der Waals surface area contributed by atoms with Crippen molar-refractivity contribution in [2.24, 2.45) is 0 Å². The third-order valence-electron chi connectivity index (χ3n) is 3.24. The van der Waals surface area contributed by atoms with Gasteiger partial charge >= 0.3 is 0 Å². The SMILES string of the molecule is Nc1ccc(-c2nccn2Cc2ccc(F)cc2Br)cc1. The number of nitrogens with two attached hydrogens (primary N) is 1. The fourth-order valence-corrected chi connectivity index (χ4v) is 2.64. The zero-order valence-electron chi connectivity index (χ0n) is 11.1.